The van der Waals surface area contributed by atoms with Gasteiger partial charge in [-0.05, 0) is 142 Å². The number of benzene rings is 9. The zero-order chi connectivity index (χ0) is 47.5. The summed E-state index contributed by atoms with van der Waals surface area (Å²) < 4.78 is 2.55. The van der Waals surface area contributed by atoms with E-state index in [0.29, 0.717) is 0 Å². The van der Waals surface area contributed by atoms with Crippen LogP contribution in [0.2, 0.25) is 0 Å². The molecule has 13 rings (SSSR count). The van der Waals surface area contributed by atoms with Crippen LogP contribution in [0.15, 0.2) is 222 Å². The number of hydrogen-bond acceptors (Lipinski definition) is 4. The van der Waals surface area contributed by atoms with Crippen LogP contribution in [0.3, 0.4) is 0 Å². The third-order valence-corrected chi connectivity index (χ3v) is 15.6. The van der Waals surface area contributed by atoms with Gasteiger partial charge in [0, 0.05) is 71.8 Å². The molecule has 4 nitrogen and oxygen atoms in total. The summed E-state index contributed by atoms with van der Waals surface area (Å²) in [4.78, 5) is 9.99. The van der Waals surface area contributed by atoms with Crippen LogP contribution in [0.5, 0.6) is 0 Å². The number of anilines is 9. The molecule has 6 bridgehead atoms. The van der Waals surface area contributed by atoms with E-state index in [1.165, 1.54) is 82.2 Å². The van der Waals surface area contributed by atoms with Gasteiger partial charge in [0.2, 0.25) is 0 Å². The van der Waals surface area contributed by atoms with E-state index in [4.69, 9.17) is 0 Å². The van der Waals surface area contributed by atoms with Crippen LogP contribution >= 0.6 is 11.8 Å². The van der Waals surface area contributed by atoms with Crippen molar-refractivity contribution in [3.8, 4) is 16.8 Å². The molecule has 0 atom stereocenters. The quantitative estimate of drug-likeness (QED) is 0.163. The highest BCUT2D eigenvalue weighted by Crippen LogP contribution is 2.51. The van der Waals surface area contributed by atoms with Gasteiger partial charge in [-0.2, -0.15) is 0 Å². The van der Waals surface area contributed by atoms with E-state index >= 15 is 0 Å². The van der Waals surface area contributed by atoms with Crippen molar-refractivity contribution in [2.24, 2.45) is 0 Å². The number of hydrogen-bond donors (Lipinski definition) is 0. The van der Waals surface area contributed by atoms with E-state index in [2.05, 4.69) is 273 Å². The first-order valence-corrected chi connectivity index (χ1v) is 25.4. The number of nitrogens with zero attached hydrogens (tertiary/aromatic N) is 4. The lowest BCUT2D eigenvalue weighted by atomic mass is 9.35. The lowest BCUT2D eigenvalue weighted by molar-refractivity contribution is 0.590. The normalized spacial score (nSPS) is 13.7. The van der Waals surface area contributed by atoms with Crippen LogP contribution < -0.4 is 31.2 Å². The van der Waals surface area contributed by atoms with Crippen LogP contribution in [0.4, 0.5) is 51.2 Å². The molecule has 4 heterocycles. The molecular weight excluding hydrogens is 868 g/mol. The average molecular weight is 921 g/mol. The molecule has 0 spiro atoms. The average Bonchev–Trinajstić information content (AvgIpc) is 3.71. The summed E-state index contributed by atoms with van der Waals surface area (Å²) in [6.07, 6.45) is 0. The fraction of sp³-hybridized carbons (Fsp3) is 0.125. The monoisotopic (exact) mass is 920 g/mol. The van der Waals surface area contributed by atoms with E-state index in [1.54, 1.807) is 0 Å². The third-order valence-electron chi connectivity index (χ3n) is 14.6. The van der Waals surface area contributed by atoms with Crippen molar-refractivity contribution in [3.63, 3.8) is 0 Å². The molecule has 338 valence electrons. The molecular formula is C64H53BN4S. The van der Waals surface area contributed by atoms with Crippen molar-refractivity contribution >= 4 is 97.1 Å². The highest BCUT2D eigenvalue weighted by molar-refractivity contribution is 7.99. The van der Waals surface area contributed by atoms with E-state index < -0.39 is 0 Å². The van der Waals surface area contributed by atoms with E-state index in [9.17, 15) is 0 Å². The van der Waals surface area contributed by atoms with Gasteiger partial charge in [-0.1, -0.05) is 162 Å². The van der Waals surface area contributed by atoms with Crippen molar-refractivity contribution < 1.29 is 0 Å². The molecule has 0 saturated heterocycles. The first-order valence-electron chi connectivity index (χ1n) is 24.5. The van der Waals surface area contributed by atoms with Crippen LogP contribution in [0, 0.1) is 0 Å². The lowest BCUT2D eigenvalue weighted by Gasteiger charge is -2.44. The number of fused-ring (bicyclic) bond motifs is 12. The van der Waals surface area contributed by atoms with Crippen LogP contribution in [-0.4, -0.2) is 11.3 Å². The summed E-state index contributed by atoms with van der Waals surface area (Å²) in [6.45, 7) is 13.7. The summed E-state index contributed by atoms with van der Waals surface area (Å²) in [5.41, 5.74) is 21.6. The lowest BCUT2D eigenvalue weighted by Crippen LogP contribution is -2.62. The number of aromatic nitrogens is 1. The van der Waals surface area contributed by atoms with Crippen molar-refractivity contribution in [2.45, 2.75) is 62.2 Å². The fourth-order valence-corrected chi connectivity index (χ4v) is 12.2. The first kappa shape index (κ1) is 42.4. The predicted molar refractivity (Wildman–Crippen MR) is 299 cm³/mol. The second kappa shape index (κ2) is 15.9. The van der Waals surface area contributed by atoms with Gasteiger partial charge in [0.1, 0.15) is 0 Å². The molecule has 6 heteroatoms. The Kier molecular flexibility index (Phi) is 9.67. The van der Waals surface area contributed by atoms with Crippen molar-refractivity contribution in [3.05, 3.63) is 223 Å². The second-order valence-corrected chi connectivity index (χ2v) is 22.2. The Balaban J connectivity index is 1.13. The summed E-state index contributed by atoms with van der Waals surface area (Å²) >= 11 is 1.82. The molecule has 0 saturated carbocycles. The summed E-state index contributed by atoms with van der Waals surface area (Å²) in [7, 11) is 0. The van der Waals surface area contributed by atoms with Crippen LogP contribution in [0.25, 0.3) is 27.7 Å². The maximum Gasteiger partial charge on any atom is 0.273 e. The van der Waals surface area contributed by atoms with Gasteiger partial charge < -0.3 is 19.3 Å². The Bertz CT molecular complexity index is 3680. The molecule has 0 radical (unpaired) electrons. The Morgan fingerprint density at radius 2 is 0.971 bits per heavy atom. The highest BCUT2D eigenvalue weighted by Gasteiger charge is 2.47. The topological polar surface area (TPSA) is 14.7 Å². The number of para-hydroxylation sites is 2. The SMILES string of the molecule is CC(C)(C)c1ccc(N2c3cccc4c3B(c3ccc5cc3N4c3cccc(c3)Sc3cccc(c3)N5c3ccc(C(C)(C)C)cc3-c3ccccc3)c3c2c2ccccc2n3-c2ccccc2)cc1. The van der Waals surface area contributed by atoms with Crippen molar-refractivity contribution in [1.82, 2.24) is 4.57 Å². The summed E-state index contributed by atoms with van der Waals surface area (Å²) in [6, 6.07) is 79.8. The number of rotatable bonds is 4. The van der Waals surface area contributed by atoms with Gasteiger partial charge in [-0.3, -0.25) is 0 Å². The van der Waals surface area contributed by atoms with E-state index in [-0.39, 0.29) is 17.5 Å². The van der Waals surface area contributed by atoms with Crippen molar-refractivity contribution in [2.75, 3.05) is 14.7 Å². The zero-order valence-corrected chi connectivity index (χ0v) is 41.3. The summed E-state index contributed by atoms with van der Waals surface area (Å²) in [5, 5.41) is 1.22. The Labute approximate surface area is 416 Å². The molecule has 0 N–H and O–H groups in total. The summed E-state index contributed by atoms with van der Waals surface area (Å²) in [5.74, 6) is 0. The minimum atomic E-state index is -0.104. The minimum Gasteiger partial charge on any atom is -0.319 e. The van der Waals surface area contributed by atoms with Crippen molar-refractivity contribution in [1.29, 1.82) is 0 Å². The molecule has 0 amide bonds. The molecule has 9 aromatic carbocycles. The standard InChI is InChI=1S/C64H53BN4S/c1-63(2,3)43-30-33-46(34-31-43)68-58-29-17-28-57-60(58)65(62-61(68)52-26-13-14-27-55(52)69(62)45-20-11-8-12-21-45)54-36-35-49-41-59(54)67(57)48-23-16-25-51(40-48)70-50-24-15-22-47(39-50)66(49)56-37-32-44(64(4,5)6)38-53(56)42-18-9-7-10-19-42/h7-41H,1-6H3. The largest absolute Gasteiger partial charge is 0.319 e. The molecule has 3 aliphatic rings. The van der Waals surface area contributed by atoms with E-state index in [1.807, 2.05) is 11.8 Å². The van der Waals surface area contributed by atoms with Gasteiger partial charge in [0.25, 0.3) is 6.71 Å². The van der Waals surface area contributed by atoms with Gasteiger partial charge in [-0.25, -0.2) is 0 Å². The van der Waals surface area contributed by atoms with Gasteiger partial charge in [0.05, 0.1) is 16.9 Å². The maximum absolute atomic E-state index is 2.56. The van der Waals surface area contributed by atoms with Gasteiger partial charge >= 0.3 is 0 Å². The predicted octanol–water partition coefficient (Wildman–Crippen LogP) is 15.9. The second-order valence-electron chi connectivity index (χ2n) is 21.1. The minimum absolute atomic E-state index is 0.0267. The smallest absolute Gasteiger partial charge is 0.273 e. The van der Waals surface area contributed by atoms with Crippen LogP contribution in [-0.2, 0) is 10.8 Å². The Hall–Kier alpha value is -7.67. The molecule has 3 aliphatic heterocycles. The van der Waals surface area contributed by atoms with Gasteiger partial charge in [-0.15, -0.1) is 0 Å². The molecule has 1 aromatic heterocycles. The molecule has 70 heavy (non-hydrogen) atoms. The fourth-order valence-electron chi connectivity index (χ4n) is 11.3. The molecule has 0 unspecified atom stereocenters. The maximum atomic E-state index is 2.56. The van der Waals surface area contributed by atoms with Gasteiger partial charge in [0.15, 0.2) is 0 Å². The van der Waals surface area contributed by atoms with Crippen LogP contribution in [0.1, 0.15) is 52.7 Å². The molecule has 0 aliphatic carbocycles. The van der Waals surface area contributed by atoms with E-state index in [0.717, 1.165) is 34.1 Å². The highest BCUT2D eigenvalue weighted by atomic mass is 32.2. The Morgan fingerprint density at radius 1 is 0.400 bits per heavy atom. The Morgan fingerprint density at radius 3 is 1.67 bits per heavy atom. The molecule has 10 aromatic rings. The zero-order valence-electron chi connectivity index (χ0n) is 40.5. The first-order chi connectivity index (χ1) is 34.0. The molecule has 0 fully saturated rings. The third kappa shape index (κ3) is 6.75.